The lowest BCUT2D eigenvalue weighted by atomic mass is 10.3. The van der Waals surface area contributed by atoms with Crippen molar-refractivity contribution in [3.05, 3.63) is 48.5 Å². The molecule has 22 heavy (non-hydrogen) atoms. The molecule has 2 aromatic carbocycles. The fourth-order valence-electron chi connectivity index (χ4n) is 1.79. The Morgan fingerprint density at radius 2 is 1.59 bits per heavy atom. The van der Waals surface area contributed by atoms with Gasteiger partial charge in [-0.2, -0.15) is 0 Å². The molecule has 4 N–H and O–H groups in total. The van der Waals surface area contributed by atoms with Gasteiger partial charge in [0.05, 0.1) is 5.75 Å². The molecular weight excluding hydrogens is 298 g/mol. The summed E-state index contributed by atoms with van der Waals surface area (Å²) < 4.78 is 0. The molecule has 0 atom stereocenters. The van der Waals surface area contributed by atoms with E-state index < -0.39 is 0 Å². The third-order valence-electron chi connectivity index (χ3n) is 2.77. The molecule has 114 valence electrons. The maximum Gasteiger partial charge on any atom is 0.234 e. The summed E-state index contributed by atoms with van der Waals surface area (Å²) in [6, 6.07) is 14.4. The number of thioether (sulfide) groups is 1. The average molecular weight is 315 g/mol. The molecule has 2 aromatic rings. The van der Waals surface area contributed by atoms with Crippen molar-refractivity contribution in [1.29, 1.82) is 0 Å². The number of hydrogen-bond donors (Lipinski definition) is 3. The standard InChI is InChI=1S/C16H17N3O2S/c1-11(20)18-12-6-8-13(9-7-12)19-16(21)10-22-15-5-3-2-4-14(15)17/h2-9H,10,17H2,1H3,(H,18,20)(H,19,21). The second-order valence-electron chi connectivity index (χ2n) is 4.63. The van der Waals surface area contributed by atoms with E-state index >= 15 is 0 Å². The molecule has 0 spiro atoms. The van der Waals surface area contributed by atoms with Gasteiger partial charge in [0.1, 0.15) is 0 Å². The number of rotatable bonds is 5. The molecule has 0 aliphatic heterocycles. The van der Waals surface area contributed by atoms with Crippen molar-refractivity contribution < 1.29 is 9.59 Å². The summed E-state index contributed by atoms with van der Waals surface area (Å²) in [7, 11) is 0. The first-order valence-electron chi connectivity index (χ1n) is 6.69. The van der Waals surface area contributed by atoms with Crippen molar-refractivity contribution in [3.8, 4) is 0 Å². The van der Waals surface area contributed by atoms with Gasteiger partial charge in [-0.05, 0) is 36.4 Å². The zero-order chi connectivity index (χ0) is 15.9. The van der Waals surface area contributed by atoms with E-state index in [2.05, 4.69) is 10.6 Å². The molecule has 0 aliphatic rings. The SMILES string of the molecule is CC(=O)Nc1ccc(NC(=O)CSc2ccccc2N)cc1. The topological polar surface area (TPSA) is 84.2 Å². The molecule has 0 saturated carbocycles. The highest BCUT2D eigenvalue weighted by Gasteiger charge is 2.06. The number of anilines is 3. The Morgan fingerprint density at radius 1 is 1.00 bits per heavy atom. The fraction of sp³-hybridized carbons (Fsp3) is 0.125. The third-order valence-corrected chi connectivity index (χ3v) is 3.86. The Labute approximate surface area is 133 Å². The van der Waals surface area contributed by atoms with Gasteiger partial charge in [0, 0.05) is 28.9 Å². The van der Waals surface area contributed by atoms with Crippen LogP contribution in [0.1, 0.15) is 6.92 Å². The number of benzene rings is 2. The highest BCUT2D eigenvalue weighted by molar-refractivity contribution is 8.00. The van der Waals surface area contributed by atoms with Gasteiger partial charge in [0.15, 0.2) is 0 Å². The van der Waals surface area contributed by atoms with E-state index in [-0.39, 0.29) is 17.6 Å². The van der Waals surface area contributed by atoms with Crippen LogP contribution in [-0.2, 0) is 9.59 Å². The second-order valence-corrected chi connectivity index (χ2v) is 5.65. The minimum absolute atomic E-state index is 0.111. The molecule has 0 aromatic heterocycles. The van der Waals surface area contributed by atoms with E-state index in [1.165, 1.54) is 18.7 Å². The number of para-hydroxylation sites is 1. The molecule has 2 amide bonds. The first-order valence-corrected chi connectivity index (χ1v) is 7.68. The summed E-state index contributed by atoms with van der Waals surface area (Å²) in [5, 5.41) is 5.47. The van der Waals surface area contributed by atoms with Crippen LogP contribution in [0.5, 0.6) is 0 Å². The lowest BCUT2D eigenvalue weighted by Crippen LogP contribution is -2.14. The predicted molar refractivity (Wildman–Crippen MR) is 91.0 cm³/mol. The average Bonchev–Trinajstić information content (AvgIpc) is 2.48. The Bertz CT molecular complexity index is 671. The monoisotopic (exact) mass is 315 g/mol. The molecule has 2 rings (SSSR count). The van der Waals surface area contributed by atoms with Crippen molar-refractivity contribution in [1.82, 2.24) is 0 Å². The molecule has 0 fully saturated rings. The molecule has 0 bridgehead atoms. The number of amides is 2. The smallest absolute Gasteiger partial charge is 0.234 e. The number of hydrogen-bond acceptors (Lipinski definition) is 4. The number of nitrogens with two attached hydrogens (primary N) is 1. The Hall–Kier alpha value is -2.47. The summed E-state index contributed by atoms with van der Waals surface area (Å²) in [5.41, 5.74) is 7.87. The Balaban J connectivity index is 1.87. The van der Waals surface area contributed by atoms with Crippen LogP contribution in [0.15, 0.2) is 53.4 Å². The zero-order valence-electron chi connectivity index (χ0n) is 12.1. The quantitative estimate of drug-likeness (QED) is 0.585. The van der Waals surface area contributed by atoms with E-state index in [4.69, 9.17) is 5.73 Å². The summed E-state index contributed by atoms with van der Waals surface area (Å²) in [6.07, 6.45) is 0. The Kier molecular flexibility index (Phi) is 5.43. The molecule has 6 heteroatoms. The van der Waals surface area contributed by atoms with Gasteiger partial charge in [-0.25, -0.2) is 0 Å². The van der Waals surface area contributed by atoms with E-state index in [1.807, 2.05) is 18.2 Å². The largest absolute Gasteiger partial charge is 0.398 e. The van der Waals surface area contributed by atoms with Crippen molar-refractivity contribution >= 4 is 40.6 Å². The molecule has 0 saturated heterocycles. The zero-order valence-corrected chi connectivity index (χ0v) is 12.9. The maximum atomic E-state index is 11.9. The van der Waals surface area contributed by atoms with Gasteiger partial charge in [0.2, 0.25) is 11.8 Å². The van der Waals surface area contributed by atoms with Crippen molar-refractivity contribution in [2.24, 2.45) is 0 Å². The van der Waals surface area contributed by atoms with Crippen LogP contribution >= 0.6 is 11.8 Å². The van der Waals surface area contributed by atoms with Crippen molar-refractivity contribution in [2.45, 2.75) is 11.8 Å². The van der Waals surface area contributed by atoms with E-state index in [1.54, 1.807) is 30.3 Å². The summed E-state index contributed by atoms with van der Waals surface area (Å²) >= 11 is 1.39. The lowest BCUT2D eigenvalue weighted by Gasteiger charge is -2.08. The fourth-order valence-corrected chi connectivity index (χ4v) is 2.56. The van der Waals surface area contributed by atoms with E-state index in [0.717, 1.165) is 4.90 Å². The van der Waals surface area contributed by atoms with Crippen LogP contribution in [0.25, 0.3) is 0 Å². The summed E-state index contributed by atoms with van der Waals surface area (Å²) in [6.45, 7) is 1.45. The van der Waals surface area contributed by atoms with Gasteiger partial charge in [-0.1, -0.05) is 12.1 Å². The number of nitrogen functional groups attached to an aromatic ring is 1. The van der Waals surface area contributed by atoms with E-state index in [0.29, 0.717) is 17.1 Å². The van der Waals surface area contributed by atoms with Gasteiger partial charge in [-0.3, -0.25) is 9.59 Å². The molecule has 0 radical (unpaired) electrons. The van der Waals surface area contributed by atoms with Crippen molar-refractivity contribution in [3.63, 3.8) is 0 Å². The van der Waals surface area contributed by atoms with Gasteiger partial charge >= 0.3 is 0 Å². The first-order chi connectivity index (χ1) is 10.5. The third kappa shape index (κ3) is 4.82. The van der Waals surface area contributed by atoms with Crippen LogP contribution in [0, 0.1) is 0 Å². The maximum absolute atomic E-state index is 11.9. The van der Waals surface area contributed by atoms with Crippen LogP contribution in [0.2, 0.25) is 0 Å². The van der Waals surface area contributed by atoms with E-state index in [9.17, 15) is 9.59 Å². The normalized spacial score (nSPS) is 10.0. The van der Waals surface area contributed by atoms with Gasteiger partial charge < -0.3 is 16.4 Å². The summed E-state index contributed by atoms with van der Waals surface area (Å²) in [4.78, 5) is 23.7. The summed E-state index contributed by atoms with van der Waals surface area (Å²) in [5.74, 6) is 0.0379. The molecule has 0 aliphatic carbocycles. The van der Waals surface area contributed by atoms with Crippen LogP contribution in [0.4, 0.5) is 17.1 Å². The minimum Gasteiger partial charge on any atom is -0.398 e. The highest BCUT2D eigenvalue weighted by Crippen LogP contribution is 2.24. The predicted octanol–water partition coefficient (Wildman–Crippen LogP) is 2.96. The van der Waals surface area contributed by atoms with Crippen LogP contribution < -0.4 is 16.4 Å². The van der Waals surface area contributed by atoms with Crippen LogP contribution in [-0.4, -0.2) is 17.6 Å². The molecule has 0 unspecified atom stereocenters. The number of carbonyl (C=O) groups excluding carboxylic acids is 2. The molecular formula is C16H17N3O2S. The minimum atomic E-state index is -0.131. The molecule has 5 nitrogen and oxygen atoms in total. The first kappa shape index (κ1) is 15.9. The Morgan fingerprint density at radius 3 is 2.18 bits per heavy atom. The molecule has 0 heterocycles. The number of carbonyl (C=O) groups is 2. The van der Waals surface area contributed by atoms with Gasteiger partial charge in [-0.15, -0.1) is 11.8 Å². The highest BCUT2D eigenvalue weighted by atomic mass is 32.2. The second kappa shape index (κ2) is 7.51. The van der Waals surface area contributed by atoms with Crippen molar-refractivity contribution in [2.75, 3.05) is 22.1 Å². The lowest BCUT2D eigenvalue weighted by molar-refractivity contribution is -0.114. The van der Waals surface area contributed by atoms with Gasteiger partial charge in [0.25, 0.3) is 0 Å². The number of nitrogens with one attached hydrogen (secondary N) is 2. The van der Waals surface area contributed by atoms with Crippen LogP contribution in [0.3, 0.4) is 0 Å².